The Morgan fingerprint density at radius 2 is 1.76 bits per heavy atom. The molecule has 0 bridgehead atoms. The average Bonchev–Trinajstić information content (AvgIpc) is 3.04. The number of ether oxygens (including phenoxy) is 2. The number of hydrogen-bond acceptors (Lipinski definition) is 6. The van der Waals surface area contributed by atoms with Gasteiger partial charge in [0.1, 0.15) is 6.61 Å². The maximum atomic E-state index is 11.8. The summed E-state index contributed by atoms with van der Waals surface area (Å²) in [6.45, 7) is 0.340. The smallest absolute Gasteiger partial charge is 0.356 e. The molecule has 2 amide bonds. The van der Waals surface area contributed by atoms with Crippen LogP contribution in [0, 0.1) is 0 Å². The van der Waals surface area contributed by atoms with Gasteiger partial charge in [-0.1, -0.05) is 29.8 Å². The Morgan fingerprint density at radius 1 is 1.07 bits per heavy atom. The molecule has 0 aliphatic carbocycles. The van der Waals surface area contributed by atoms with E-state index in [1.54, 1.807) is 30.3 Å². The lowest BCUT2D eigenvalue weighted by Gasteiger charge is -2.12. The number of carbonyl (C=O) groups excluding carboxylic acids is 3. The van der Waals surface area contributed by atoms with Gasteiger partial charge in [0, 0.05) is 23.9 Å². The predicted molar refractivity (Wildman–Crippen MR) is 105 cm³/mol. The molecule has 2 aromatic carbocycles. The highest BCUT2D eigenvalue weighted by Crippen LogP contribution is 2.29. The Hall–Kier alpha value is -3.32. The number of carbonyl (C=O) groups is 3. The van der Waals surface area contributed by atoms with Crippen molar-refractivity contribution in [2.75, 3.05) is 7.11 Å². The lowest BCUT2D eigenvalue weighted by atomic mass is 10.2. The second-order valence-corrected chi connectivity index (χ2v) is 6.59. The van der Waals surface area contributed by atoms with Crippen LogP contribution in [0.5, 0.6) is 11.5 Å². The van der Waals surface area contributed by atoms with Gasteiger partial charge in [-0.3, -0.25) is 9.59 Å². The third-order valence-corrected chi connectivity index (χ3v) is 4.35. The van der Waals surface area contributed by atoms with Crippen molar-refractivity contribution < 1.29 is 28.7 Å². The summed E-state index contributed by atoms with van der Waals surface area (Å²) in [5.74, 6) is -0.855. The molecular formula is C21H18ClNO6. The Balaban J connectivity index is 1.62. The molecule has 0 atom stereocenters. The van der Waals surface area contributed by atoms with Crippen LogP contribution in [-0.4, -0.2) is 30.0 Å². The molecule has 1 aliphatic rings. The van der Waals surface area contributed by atoms with E-state index in [1.165, 1.54) is 13.2 Å². The van der Waals surface area contributed by atoms with E-state index in [-0.39, 0.29) is 12.8 Å². The van der Waals surface area contributed by atoms with Gasteiger partial charge in [-0.15, -0.1) is 5.06 Å². The standard InChI is InChI=1S/C21H18ClNO6/c1-27-18-12-14(5-11-21(26)29-23-19(24)9-10-20(23)25)4-8-17(18)28-13-15-2-6-16(22)7-3-15/h2-8,11-12H,9-10,13H2,1H3/b11-5+. The number of imide groups is 1. The second-order valence-electron chi connectivity index (χ2n) is 6.15. The maximum absolute atomic E-state index is 11.8. The fraction of sp³-hybridized carbons (Fsp3) is 0.190. The minimum Gasteiger partial charge on any atom is -0.493 e. The summed E-state index contributed by atoms with van der Waals surface area (Å²) in [5.41, 5.74) is 1.60. The third kappa shape index (κ3) is 5.36. The van der Waals surface area contributed by atoms with E-state index >= 15 is 0 Å². The van der Waals surface area contributed by atoms with E-state index < -0.39 is 17.8 Å². The second kappa shape index (κ2) is 9.25. The number of halogens is 1. The summed E-state index contributed by atoms with van der Waals surface area (Å²) in [7, 11) is 1.51. The van der Waals surface area contributed by atoms with Gasteiger partial charge in [0.15, 0.2) is 11.5 Å². The Bertz CT molecular complexity index is 938. The number of amides is 2. The predicted octanol–water partition coefficient (Wildman–Crippen LogP) is 3.55. The molecule has 8 heteroatoms. The number of hydroxylamine groups is 2. The molecule has 0 unspecified atom stereocenters. The zero-order valence-corrected chi connectivity index (χ0v) is 16.3. The van der Waals surface area contributed by atoms with E-state index in [0.29, 0.717) is 33.8 Å². The van der Waals surface area contributed by atoms with Crippen molar-refractivity contribution in [1.82, 2.24) is 5.06 Å². The van der Waals surface area contributed by atoms with Crippen molar-refractivity contribution in [1.29, 1.82) is 0 Å². The van der Waals surface area contributed by atoms with Crippen molar-refractivity contribution in [2.45, 2.75) is 19.4 Å². The van der Waals surface area contributed by atoms with Crippen molar-refractivity contribution >= 4 is 35.5 Å². The highest BCUT2D eigenvalue weighted by atomic mass is 35.5. The first kappa shape index (κ1) is 20.4. The zero-order chi connectivity index (χ0) is 20.8. The van der Waals surface area contributed by atoms with Crippen LogP contribution < -0.4 is 9.47 Å². The van der Waals surface area contributed by atoms with Gasteiger partial charge in [-0.05, 0) is 41.5 Å². The third-order valence-electron chi connectivity index (χ3n) is 4.09. The molecule has 0 N–H and O–H groups in total. The minimum atomic E-state index is -0.823. The fourth-order valence-electron chi connectivity index (χ4n) is 2.59. The van der Waals surface area contributed by atoms with Crippen LogP contribution in [0.3, 0.4) is 0 Å². The lowest BCUT2D eigenvalue weighted by molar-refractivity contribution is -0.193. The largest absolute Gasteiger partial charge is 0.493 e. The quantitative estimate of drug-likeness (QED) is 0.508. The molecule has 1 aliphatic heterocycles. The van der Waals surface area contributed by atoms with Crippen LogP contribution in [0.2, 0.25) is 5.02 Å². The molecule has 29 heavy (non-hydrogen) atoms. The molecule has 1 fully saturated rings. The molecule has 0 aromatic heterocycles. The molecule has 0 saturated carbocycles. The SMILES string of the molecule is COc1cc(/C=C/C(=O)ON2C(=O)CCC2=O)ccc1OCc1ccc(Cl)cc1. The minimum absolute atomic E-state index is 0.0461. The van der Waals surface area contributed by atoms with Gasteiger partial charge in [0.05, 0.1) is 7.11 Å². The van der Waals surface area contributed by atoms with Gasteiger partial charge >= 0.3 is 5.97 Å². The summed E-state index contributed by atoms with van der Waals surface area (Å²) in [6, 6.07) is 12.4. The first-order valence-electron chi connectivity index (χ1n) is 8.77. The van der Waals surface area contributed by atoms with Gasteiger partial charge in [0.2, 0.25) is 0 Å². The zero-order valence-electron chi connectivity index (χ0n) is 15.6. The van der Waals surface area contributed by atoms with E-state index in [0.717, 1.165) is 11.6 Å². The van der Waals surface area contributed by atoms with Gasteiger partial charge < -0.3 is 14.3 Å². The van der Waals surface area contributed by atoms with E-state index in [1.807, 2.05) is 12.1 Å². The number of hydrogen-bond donors (Lipinski definition) is 0. The molecule has 3 rings (SSSR count). The molecule has 2 aromatic rings. The average molecular weight is 416 g/mol. The fourth-order valence-corrected chi connectivity index (χ4v) is 2.72. The summed E-state index contributed by atoms with van der Waals surface area (Å²) in [5, 5.41) is 1.15. The van der Waals surface area contributed by atoms with Crippen LogP contribution in [0.1, 0.15) is 24.0 Å². The number of benzene rings is 2. The van der Waals surface area contributed by atoms with Crippen molar-refractivity contribution in [3.8, 4) is 11.5 Å². The molecule has 1 saturated heterocycles. The van der Waals surface area contributed by atoms with Crippen LogP contribution in [0.4, 0.5) is 0 Å². The van der Waals surface area contributed by atoms with E-state index in [9.17, 15) is 14.4 Å². The van der Waals surface area contributed by atoms with Crippen molar-refractivity contribution in [3.05, 3.63) is 64.7 Å². The van der Waals surface area contributed by atoms with E-state index in [2.05, 4.69) is 0 Å². The molecular weight excluding hydrogens is 398 g/mol. The van der Waals surface area contributed by atoms with E-state index in [4.69, 9.17) is 25.9 Å². The van der Waals surface area contributed by atoms with Gasteiger partial charge in [0.25, 0.3) is 11.8 Å². The Morgan fingerprint density at radius 3 is 2.41 bits per heavy atom. The van der Waals surface area contributed by atoms with Crippen LogP contribution in [-0.2, 0) is 25.8 Å². The molecule has 1 heterocycles. The first-order valence-corrected chi connectivity index (χ1v) is 9.15. The highest BCUT2D eigenvalue weighted by Gasteiger charge is 2.32. The maximum Gasteiger partial charge on any atom is 0.356 e. The molecule has 0 radical (unpaired) electrons. The normalized spacial score (nSPS) is 13.8. The summed E-state index contributed by atoms with van der Waals surface area (Å²) in [4.78, 5) is 39.6. The molecule has 150 valence electrons. The summed E-state index contributed by atoms with van der Waals surface area (Å²) < 4.78 is 11.1. The lowest BCUT2D eigenvalue weighted by Crippen LogP contribution is -2.31. The Kier molecular flexibility index (Phi) is 6.51. The van der Waals surface area contributed by atoms with Gasteiger partial charge in [-0.25, -0.2) is 4.79 Å². The first-order chi connectivity index (χ1) is 14.0. The highest BCUT2D eigenvalue weighted by molar-refractivity contribution is 6.30. The monoisotopic (exact) mass is 415 g/mol. The van der Waals surface area contributed by atoms with Crippen molar-refractivity contribution in [3.63, 3.8) is 0 Å². The number of nitrogens with zero attached hydrogens (tertiary/aromatic N) is 1. The van der Waals surface area contributed by atoms with Crippen LogP contribution in [0.15, 0.2) is 48.5 Å². The summed E-state index contributed by atoms with van der Waals surface area (Å²) in [6.07, 6.45) is 2.70. The van der Waals surface area contributed by atoms with Gasteiger partial charge in [-0.2, -0.15) is 0 Å². The molecule has 7 nitrogen and oxygen atoms in total. The van der Waals surface area contributed by atoms with Crippen LogP contribution >= 0.6 is 11.6 Å². The number of methoxy groups -OCH3 is 1. The van der Waals surface area contributed by atoms with Crippen molar-refractivity contribution in [2.24, 2.45) is 0 Å². The van der Waals surface area contributed by atoms with Crippen LogP contribution in [0.25, 0.3) is 6.08 Å². The topological polar surface area (TPSA) is 82.1 Å². The Labute approximate surface area is 172 Å². The molecule has 0 spiro atoms. The summed E-state index contributed by atoms with van der Waals surface area (Å²) >= 11 is 5.87. The number of rotatable bonds is 7.